The van der Waals surface area contributed by atoms with Crippen molar-refractivity contribution in [1.29, 1.82) is 0 Å². The van der Waals surface area contributed by atoms with Crippen molar-refractivity contribution >= 4 is 11.9 Å². The van der Waals surface area contributed by atoms with Crippen molar-refractivity contribution in [3.63, 3.8) is 0 Å². The van der Waals surface area contributed by atoms with Crippen LogP contribution in [0.1, 0.15) is 59.6 Å². The molecule has 0 bridgehead atoms. The minimum absolute atomic E-state index is 0.0473. The molecule has 0 aliphatic carbocycles. The molecule has 0 unspecified atom stereocenters. The fraction of sp³-hybridized carbons (Fsp3) is 0.562. The summed E-state index contributed by atoms with van der Waals surface area (Å²) in [5.74, 6) is 0.300. The molecular formula is C16H25NO. The maximum Gasteiger partial charge on any atom is 0.144 e. The predicted octanol–water partition coefficient (Wildman–Crippen LogP) is 4.71. The van der Waals surface area contributed by atoms with Crippen molar-refractivity contribution in [3.05, 3.63) is 23.3 Å². The first kappa shape index (κ1) is 14.7. The smallest absolute Gasteiger partial charge is 0.144 e. The zero-order valence-corrected chi connectivity index (χ0v) is 12.6. The van der Waals surface area contributed by atoms with E-state index >= 15 is 0 Å². The van der Waals surface area contributed by atoms with Crippen molar-refractivity contribution < 1.29 is 5.11 Å². The van der Waals surface area contributed by atoms with Gasteiger partial charge >= 0.3 is 0 Å². The highest BCUT2D eigenvalue weighted by molar-refractivity contribution is 5.67. The van der Waals surface area contributed by atoms with Crippen molar-refractivity contribution in [2.45, 2.75) is 59.3 Å². The van der Waals surface area contributed by atoms with Crippen LogP contribution >= 0.6 is 0 Å². The molecule has 0 saturated carbocycles. The van der Waals surface area contributed by atoms with Gasteiger partial charge in [0.15, 0.2) is 0 Å². The summed E-state index contributed by atoms with van der Waals surface area (Å²) in [6, 6.07) is 4.08. The Morgan fingerprint density at radius 2 is 1.56 bits per heavy atom. The molecular weight excluding hydrogens is 222 g/mol. The van der Waals surface area contributed by atoms with Crippen LogP contribution in [0.4, 0.5) is 5.69 Å². The molecule has 1 aromatic carbocycles. The van der Waals surface area contributed by atoms with Crippen LogP contribution in [0.25, 0.3) is 0 Å². The standard InChI is InChI=1S/C16H25NO/c1-8-17-13-10-11(15(2,3)4)9-12(14(13)18)16(5,6)7/h8-10,18H,1-7H3/b17-8-. The lowest BCUT2D eigenvalue weighted by atomic mass is 9.80. The lowest BCUT2D eigenvalue weighted by molar-refractivity contribution is 0.446. The van der Waals surface area contributed by atoms with E-state index < -0.39 is 0 Å². The van der Waals surface area contributed by atoms with Gasteiger partial charge in [0.1, 0.15) is 11.4 Å². The number of phenolic OH excluding ortho intramolecular Hbond substituents is 1. The Balaban J connectivity index is 3.57. The Bertz CT molecular complexity index is 459. The summed E-state index contributed by atoms with van der Waals surface area (Å²) in [6.45, 7) is 14.7. The molecule has 0 fully saturated rings. The molecule has 1 aromatic rings. The van der Waals surface area contributed by atoms with E-state index in [4.69, 9.17) is 0 Å². The Hall–Kier alpha value is -1.31. The summed E-state index contributed by atoms with van der Waals surface area (Å²) in [5.41, 5.74) is 2.77. The first-order valence-corrected chi connectivity index (χ1v) is 6.44. The van der Waals surface area contributed by atoms with Crippen LogP contribution in [0, 0.1) is 0 Å². The fourth-order valence-corrected chi connectivity index (χ4v) is 1.86. The van der Waals surface area contributed by atoms with E-state index in [1.807, 2.05) is 13.0 Å². The molecule has 0 aliphatic heterocycles. The molecule has 0 amide bonds. The summed E-state index contributed by atoms with van der Waals surface area (Å²) >= 11 is 0. The third-order valence-corrected chi connectivity index (χ3v) is 3.03. The number of hydrogen-bond donors (Lipinski definition) is 1. The second-order valence-corrected chi connectivity index (χ2v) is 6.78. The van der Waals surface area contributed by atoms with Crippen LogP contribution < -0.4 is 0 Å². The van der Waals surface area contributed by atoms with Crippen molar-refractivity contribution in [2.75, 3.05) is 0 Å². The van der Waals surface area contributed by atoms with Gasteiger partial charge in [0.2, 0.25) is 0 Å². The average molecular weight is 247 g/mol. The van der Waals surface area contributed by atoms with E-state index in [9.17, 15) is 5.11 Å². The maximum atomic E-state index is 10.3. The van der Waals surface area contributed by atoms with Gasteiger partial charge in [-0.15, -0.1) is 0 Å². The normalized spacial score (nSPS) is 13.3. The number of aliphatic imine (C=N–C) groups is 1. The summed E-state index contributed by atoms with van der Waals surface area (Å²) in [6.07, 6.45) is 1.72. The summed E-state index contributed by atoms with van der Waals surface area (Å²) < 4.78 is 0. The first-order valence-electron chi connectivity index (χ1n) is 6.44. The molecule has 0 saturated heterocycles. The number of rotatable bonds is 1. The van der Waals surface area contributed by atoms with Gasteiger partial charge in [-0.3, -0.25) is 4.99 Å². The lowest BCUT2D eigenvalue weighted by Gasteiger charge is -2.26. The SMILES string of the molecule is C/C=N\c1cc(C(C)(C)C)cc(C(C)(C)C)c1O. The molecule has 18 heavy (non-hydrogen) atoms. The molecule has 0 radical (unpaired) electrons. The van der Waals surface area contributed by atoms with Crippen LogP contribution in [-0.4, -0.2) is 11.3 Å². The molecule has 0 atom stereocenters. The van der Waals surface area contributed by atoms with Gasteiger partial charge in [-0.05, 0) is 29.4 Å². The molecule has 0 aliphatic rings. The quantitative estimate of drug-likeness (QED) is 0.716. The Morgan fingerprint density at radius 3 is 1.94 bits per heavy atom. The molecule has 1 N–H and O–H groups in total. The molecule has 0 aromatic heterocycles. The highest BCUT2D eigenvalue weighted by atomic mass is 16.3. The topological polar surface area (TPSA) is 32.6 Å². The van der Waals surface area contributed by atoms with E-state index in [0.717, 1.165) is 5.56 Å². The first-order chi connectivity index (χ1) is 8.07. The second kappa shape index (κ2) is 4.75. The summed E-state index contributed by atoms with van der Waals surface area (Å²) in [7, 11) is 0. The number of nitrogens with zero attached hydrogens (tertiary/aromatic N) is 1. The molecule has 2 nitrogen and oxygen atoms in total. The van der Waals surface area contributed by atoms with Gasteiger partial charge in [-0.1, -0.05) is 47.6 Å². The van der Waals surface area contributed by atoms with Crippen LogP contribution in [0.15, 0.2) is 17.1 Å². The van der Waals surface area contributed by atoms with Crippen LogP contribution in [0.5, 0.6) is 5.75 Å². The van der Waals surface area contributed by atoms with E-state index in [2.05, 4.69) is 52.6 Å². The molecule has 2 heteroatoms. The Kier molecular flexibility index (Phi) is 3.89. The largest absolute Gasteiger partial charge is 0.505 e. The average Bonchev–Trinajstić information content (AvgIpc) is 2.17. The number of phenols is 1. The third-order valence-electron chi connectivity index (χ3n) is 3.03. The van der Waals surface area contributed by atoms with Gasteiger partial charge in [-0.25, -0.2) is 0 Å². The van der Waals surface area contributed by atoms with Crippen LogP contribution in [-0.2, 0) is 10.8 Å². The maximum absolute atomic E-state index is 10.3. The summed E-state index contributed by atoms with van der Waals surface area (Å²) in [5, 5.41) is 10.3. The zero-order chi connectivity index (χ0) is 14.1. The highest BCUT2D eigenvalue weighted by Crippen LogP contribution is 2.41. The Morgan fingerprint density at radius 1 is 1.00 bits per heavy atom. The monoisotopic (exact) mass is 247 g/mol. The molecule has 100 valence electrons. The van der Waals surface area contributed by atoms with E-state index in [1.165, 1.54) is 5.56 Å². The number of hydrogen-bond acceptors (Lipinski definition) is 2. The molecule has 1 rings (SSSR count). The van der Waals surface area contributed by atoms with Crippen molar-refractivity contribution in [3.8, 4) is 5.75 Å². The minimum atomic E-state index is -0.0939. The number of aromatic hydroxyl groups is 1. The van der Waals surface area contributed by atoms with E-state index in [1.54, 1.807) is 6.21 Å². The highest BCUT2D eigenvalue weighted by Gasteiger charge is 2.24. The van der Waals surface area contributed by atoms with Crippen molar-refractivity contribution in [1.82, 2.24) is 0 Å². The van der Waals surface area contributed by atoms with Gasteiger partial charge in [0.05, 0.1) is 0 Å². The van der Waals surface area contributed by atoms with Crippen LogP contribution in [0.2, 0.25) is 0 Å². The van der Waals surface area contributed by atoms with Gasteiger partial charge in [-0.2, -0.15) is 0 Å². The molecule has 0 spiro atoms. The second-order valence-electron chi connectivity index (χ2n) is 6.78. The lowest BCUT2D eigenvalue weighted by Crippen LogP contribution is -2.16. The van der Waals surface area contributed by atoms with Crippen molar-refractivity contribution in [2.24, 2.45) is 4.99 Å². The Labute approximate surface area is 111 Å². The van der Waals surface area contributed by atoms with E-state index in [-0.39, 0.29) is 10.8 Å². The van der Waals surface area contributed by atoms with Gasteiger partial charge in [0, 0.05) is 11.8 Å². The van der Waals surface area contributed by atoms with Gasteiger partial charge < -0.3 is 5.11 Å². The zero-order valence-electron chi connectivity index (χ0n) is 12.6. The minimum Gasteiger partial charge on any atom is -0.505 e. The summed E-state index contributed by atoms with van der Waals surface area (Å²) in [4.78, 5) is 4.28. The van der Waals surface area contributed by atoms with E-state index in [0.29, 0.717) is 11.4 Å². The fourth-order valence-electron chi connectivity index (χ4n) is 1.86. The van der Waals surface area contributed by atoms with Crippen LogP contribution in [0.3, 0.4) is 0 Å². The van der Waals surface area contributed by atoms with Gasteiger partial charge in [0.25, 0.3) is 0 Å². The predicted molar refractivity (Wildman–Crippen MR) is 79.3 cm³/mol. The number of benzene rings is 1. The molecule has 0 heterocycles. The third kappa shape index (κ3) is 3.12.